The predicted octanol–water partition coefficient (Wildman–Crippen LogP) is 5.32. The molecule has 0 amide bonds. The largest absolute Gasteiger partial charge is 0.508 e. The van der Waals surface area contributed by atoms with Crippen molar-refractivity contribution in [2.24, 2.45) is 0 Å². The molecule has 152 valence electrons. The second-order valence-corrected chi connectivity index (χ2v) is 6.63. The molecule has 0 aliphatic rings. The molecular weight excluding hydrogens is 382 g/mol. The van der Waals surface area contributed by atoms with E-state index >= 15 is 0 Å². The molecule has 0 atom stereocenters. The smallest absolute Gasteiger partial charge is 0.346 e. The predicted molar refractivity (Wildman–Crippen MR) is 117 cm³/mol. The number of anilines is 2. The van der Waals surface area contributed by atoms with Gasteiger partial charge in [-0.15, -0.1) is 0 Å². The van der Waals surface area contributed by atoms with Crippen molar-refractivity contribution in [3.8, 4) is 28.4 Å². The minimum Gasteiger partial charge on any atom is -0.508 e. The molecule has 4 rings (SSSR count). The van der Waals surface area contributed by atoms with E-state index in [1.807, 2.05) is 31.2 Å². The van der Waals surface area contributed by atoms with Crippen LogP contribution in [-0.2, 0) is 0 Å². The maximum Gasteiger partial charge on any atom is 0.346 e. The van der Waals surface area contributed by atoms with E-state index < -0.39 is 5.63 Å². The van der Waals surface area contributed by atoms with Crippen molar-refractivity contribution in [3.63, 3.8) is 0 Å². The third kappa shape index (κ3) is 3.80. The monoisotopic (exact) mass is 403 g/mol. The van der Waals surface area contributed by atoms with Crippen LogP contribution in [0.3, 0.4) is 0 Å². The Balaban J connectivity index is 1.88. The molecule has 1 aromatic heterocycles. The Hall–Kier alpha value is -3.93. The van der Waals surface area contributed by atoms with Gasteiger partial charge in [-0.25, -0.2) is 4.79 Å². The number of hydrogen-bond donors (Lipinski definition) is 2. The van der Waals surface area contributed by atoms with Gasteiger partial charge in [0.05, 0.1) is 25.0 Å². The molecule has 6 heteroatoms. The van der Waals surface area contributed by atoms with Crippen LogP contribution in [0.25, 0.3) is 22.1 Å². The van der Waals surface area contributed by atoms with Gasteiger partial charge in [0.2, 0.25) is 0 Å². The summed E-state index contributed by atoms with van der Waals surface area (Å²) in [5.41, 5.74) is 2.25. The SMILES string of the molecule is CCOc1ccc(Nc2c(-c3ccc(OC)cc3)c(=O)oc3cc(O)ccc23)cc1. The van der Waals surface area contributed by atoms with Crippen LogP contribution in [0, 0.1) is 0 Å². The van der Waals surface area contributed by atoms with Gasteiger partial charge in [0.1, 0.15) is 22.8 Å². The molecule has 0 bridgehead atoms. The van der Waals surface area contributed by atoms with Gasteiger partial charge in [-0.05, 0) is 61.0 Å². The Morgan fingerprint density at radius 1 is 0.967 bits per heavy atom. The average Bonchev–Trinajstić information content (AvgIpc) is 2.75. The van der Waals surface area contributed by atoms with Crippen LogP contribution in [0.15, 0.2) is 75.9 Å². The van der Waals surface area contributed by atoms with Crippen LogP contribution in [0.2, 0.25) is 0 Å². The van der Waals surface area contributed by atoms with Gasteiger partial charge < -0.3 is 24.3 Å². The first-order chi connectivity index (χ1) is 14.6. The first kappa shape index (κ1) is 19.4. The number of aromatic hydroxyl groups is 1. The molecule has 6 nitrogen and oxygen atoms in total. The van der Waals surface area contributed by atoms with Gasteiger partial charge in [0, 0.05) is 17.1 Å². The van der Waals surface area contributed by atoms with Crippen molar-refractivity contribution in [1.82, 2.24) is 0 Å². The summed E-state index contributed by atoms with van der Waals surface area (Å²) in [5.74, 6) is 1.48. The third-order valence-corrected chi connectivity index (χ3v) is 4.70. The molecule has 4 aromatic rings. The fourth-order valence-corrected chi connectivity index (χ4v) is 3.28. The van der Waals surface area contributed by atoms with Crippen LogP contribution < -0.4 is 20.4 Å². The minimum atomic E-state index is -0.508. The van der Waals surface area contributed by atoms with Crippen molar-refractivity contribution >= 4 is 22.3 Å². The molecule has 30 heavy (non-hydrogen) atoms. The van der Waals surface area contributed by atoms with E-state index in [0.717, 1.165) is 11.4 Å². The zero-order chi connectivity index (χ0) is 21.1. The summed E-state index contributed by atoms with van der Waals surface area (Å²) in [6.45, 7) is 2.51. The van der Waals surface area contributed by atoms with Gasteiger partial charge >= 0.3 is 5.63 Å². The highest BCUT2D eigenvalue weighted by Crippen LogP contribution is 2.36. The Morgan fingerprint density at radius 2 is 1.67 bits per heavy atom. The molecule has 0 radical (unpaired) electrons. The topological polar surface area (TPSA) is 80.9 Å². The van der Waals surface area contributed by atoms with Gasteiger partial charge in [0.25, 0.3) is 0 Å². The van der Waals surface area contributed by atoms with Crippen molar-refractivity contribution in [3.05, 3.63) is 77.2 Å². The number of phenols is 1. The summed E-state index contributed by atoms with van der Waals surface area (Å²) >= 11 is 0. The first-order valence-corrected chi connectivity index (χ1v) is 9.53. The fraction of sp³-hybridized carbons (Fsp3) is 0.125. The number of rotatable bonds is 6. The van der Waals surface area contributed by atoms with E-state index in [-0.39, 0.29) is 5.75 Å². The lowest BCUT2D eigenvalue weighted by Gasteiger charge is -2.15. The average molecular weight is 403 g/mol. The number of phenolic OH excluding ortho intramolecular Hbond substituents is 1. The highest BCUT2D eigenvalue weighted by molar-refractivity contribution is 6.00. The van der Waals surface area contributed by atoms with Gasteiger partial charge in [-0.3, -0.25) is 0 Å². The van der Waals surface area contributed by atoms with E-state index in [1.54, 1.807) is 43.5 Å². The van der Waals surface area contributed by atoms with E-state index in [4.69, 9.17) is 13.9 Å². The Labute approximate surface area is 173 Å². The summed E-state index contributed by atoms with van der Waals surface area (Å²) in [4.78, 5) is 12.9. The maximum atomic E-state index is 12.9. The maximum absolute atomic E-state index is 12.9. The third-order valence-electron chi connectivity index (χ3n) is 4.70. The molecule has 0 spiro atoms. The van der Waals surface area contributed by atoms with Crippen molar-refractivity contribution < 1.29 is 19.0 Å². The molecule has 3 aromatic carbocycles. The number of hydrogen-bond acceptors (Lipinski definition) is 6. The zero-order valence-electron chi connectivity index (χ0n) is 16.6. The molecule has 0 fully saturated rings. The quantitative estimate of drug-likeness (QED) is 0.424. The number of nitrogens with one attached hydrogen (secondary N) is 1. The number of benzene rings is 3. The van der Waals surface area contributed by atoms with E-state index in [1.165, 1.54) is 6.07 Å². The van der Waals surface area contributed by atoms with Gasteiger partial charge in [0.15, 0.2) is 0 Å². The molecule has 0 aliphatic heterocycles. The highest BCUT2D eigenvalue weighted by Gasteiger charge is 2.17. The lowest BCUT2D eigenvalue weighted by molar-refractivity contribution is 0.340. The summed E-state index contributed by atoms with van der Waals surface area (Å²) < 4.78 is 16.2. The van der Waals surface area contributed by atoms with Crippen LogP contribution >= 0.6 is 0 Å². The van der Waals surface area contributed by atoms with Crippen LogP contribution in [0.1, 0.15) is 6.92 Å². The Kier molecular flexibility index (Phi) is 5.30. The van der Waals surface area contributed by atoms with E-state index in [2.05, 4.69) is 5.32 Å². The van der Waals surface area contributed by atoms with Crippen molar-refractivity contribution in [2.45, 2.75) is 6.92 Å². The molecular formula is C24H21NO5. The summed E-state index contributed by atoms with van der Waals surface area (Å²) in [5, 5.41) is 13.8. The standard InChI is InChI=1S/C24H21NO5/c1-3-29-19-11-6-16(7-12-19)25-23-20-13-8-17(26)14-21(20)30-24(27)22(23)15-4-9-18(28-2)10-5-15/h4-14,25-26H,3H2,1-2H3. The van der Waals surface area contributed by atoms with Crippen molar-refractivity contribution in [2.75, 3.05) is 19.0 Å². The molecule has 2 N–H and O–H groups in total. The van der Waals surface area contributed by atoms with Crippen LogP contribution in [0.4, 0.5) is 11.4 Å². The van der Waals surface area contributed by atoms with Crippen LogP contribution in [-0.4, -0.2) is 18.8 Å². The van der Waals surface area contributed by atoms with Gasteiger partial charge in [-0.1, -0.05) is 12.1 Å². The summed E-state index contributed by atoms with van der Waals surface area (Å²) in [6, 6.07) is 19.4. The minimum absolute atomic E-state index is 0.0230. The van der Waals surface area contributed by atoms with E-state index in [0.29, 0.717) is 40.1 Å². The van der Waals surface area contributed by atoms with Crippen LogP contribution in [0.5, 0.6) is 17.2 Å². The normalized spacial score (nSPS) is 10.7. The summed E-state index contributed by atoms with van der Waals surface area (Å²) in [7, 11) is 1.59. The molecule has 0 saturated heterocycles. The zero-order valence-corrected chi connectivity index (χ0v) is 16.6. The molecule has 0 aliphatic carbocycles. The fourth-order valence-electron chi connectivity index (χ4n) is 3.28. The number of methoxy groups -OCH3 is 1. The Morgan fingerprint density at radius 3 is 2.33 bits per heavy atom. The molecule has 0 unspecified atom stereocenters. The Bertz CT molecular complexity index is 1230. The molecule has 1 heterocycles. The molecule has 0 saturated carbocycles. The summed E-state index contributed by atoms with van der Waals surface area (Å²) in [6.07, 6.45) is 0. The lowest BCUT2D eigenvalue weighted by atomic mass is 10.0. The second-order valence-electron chi connectivity index (χ2n) is 6.63. The lowest BCUT2D eigenvalue weighted by Crippen LogP contribution is -2.08. The number of ether oxygens (including phenoxy) is 2. The highest BCUT2D eigenvalue weighted by atomic mass is 16.5. The second kappa shape index (κ2) is 8.21. The number of fused-ring (bicyclic) bond motifs is 1. The van der Waals surface area contributed by atoms with E-state index in [9.17, 15) is 9.90 Å². The first-order valence-electron chi connectivity index (χ1n) is 9.53. The van der Waals surface area contributed by atoms with Gasteiger partial charge in [-0.2, -0.15) is 0 Å². The van der Waals surface area contributed by atoms with Crippen molar-refractivity contribution in [1.29, 1.82) is 0 Å².